The van der Waals surface area contributed by atoms with Crippen LogP contribution in [0.25, 0.3) is 0 Å². The number of amides is 1. The van der Waals surface area contributed by atoms with Crippen molar-refractivity contribution in [1.82, 2.24) is 4.90 Å². The van der Waals surface area contributed by atoms with Gasteiger partial charge in [0.05, 0.1) is 13.2 Å². The molecule has 2 aromatic carbocycles. The van der Waals surface area contributed by atoms with E-state index in [0.29, 0.717) is 23.7 Å². The average molecular weight is 327 g/mol. The summed E-state index contributed by atoms with van der Waals surface area (Å²) in [6.07, 6.45) is 0. The summed E-state index contributed by atoms with van der Waals surface area (Å²) in [4.78, 5) is 25.1. The van der Waals surface area contributed by atoms with Gasteiger partial charge in [-0.05, 0) is 36.4 Å². The van der Waals surface area contributed by atoms with Gasteiger partial charge in [-0.1, -0.05) is 18.2 Å². The monoisotopic (exact) mass is 327 g/mol. The largest absolute Gasteiger partial charge is 0.480 e. The molecule has 1 amide bonds. The molecule has 1 unspecified atom stereocenters. The maximum atomic E-state index is 12.6. The molecular weight excluding hydrogens is 310 g/mol. The highest BCUT2D eigenvalue weighted by Crippen LogP contribution is 2.22. The highest BCUT2D eigenvalue weighted by molar-refractivity contribution is 5.96. The molecule has 1 aliphatic rings. The fourth-order valence-electron chi connectivity index (χ4n) is 2.51. The van der Waals surface area contributed by atoms with E-state index < -0.39 is 12.0 Å². The van der Waals surface area contributed by atoms with Gasteiger partial charge < -0.3 is 19.5 Å². The first-order valence-electron chi connectivity index (χ1n) is 7.59. The molecule has 24 heavy (non-hydrogen) atoms. The van der Waals surface area contributed by atoms with Crippen LogP contribution in [0, 0.1) is 0 Å². The molecule has 6 heteroatoms. The topological polar surface area (TPSA) is 76.1 Å². The van der Waals surface area contributed by atoms with E-state index >= 15 is 0 Å². The summed E-state index contributed by atoms with van der Waals surface area (Å²) in [6.45, 7) is 0.610. The number of hydrogen-bond donors (Lipinski definition) is 1. The first-order chi connectivity index (χ1) is 11.6. The Bertz CT molecular complexity index is 714. The Morgan fingerprint density at radius 3 is 2.38 bits per heavy atom. The fraction of sp³-hybridized carbons (Fsp3) is 0.222. The Morgan fingerprint density at radius 1 is 1.04 bits per heavy atom. The number of para-hydroxylation sites is 1. The van der Waals surface area contributed by atoms with Crippen LogP contribution in [0.15, 0.2) is 54.6 Å². The van der Waals surface area contributed by atoms with E-state index in [4.69, 9.17) is 9.47 Å². The number of rotatable bonds is 4. The molecule has 1 aliphatic heterocycles. The molecular formula is C18H17NO5. The molecule has 0 aromatic heterocycles. The van der Waals surface area contributed by atoms with Gasteiger partial charge in [-0.3, -0.25) is 4.79 Å². The molecule has 1 saturated heterocycles. The van der Waals surface area contributed by atoms with Crippen molar-refractivity contribution in [3.05, 3.63) is 60.2 Å². The number of ether oxygens (including phenoxy) is 2. The number of carbonyl (C=O) groups excluding carboxylic acids is 1. The smallest absolute Gasteiger partial charge is 0.328 e. The van der Waals surface area contributed by atoms with Gasteiger partial charge in [0, 0.05) is 12.1 Å². The maximum absolute atomic E-state index is 12.6. The van der Waals surface area contributed by atoms with Crippen molar-refractivity contribution in [3.8, 4) is 11.5 Å². The summed E-state index contributed by atoms with van der Waals surface area (Å²) in [5.74, 6) is -0.0748. The molecule has 0 saturated carbocycles. The van der Waals surface area contributed by atoms with Gasteiger partial charge in [0.25, 0.3) is 5.91 Å². The minimum atomic E-state index is -1.06. The summed E-state index contributed by atoms with van der Waals surface area (Å²) >= 11 is 0. The summed E-state index contributed by atoms with van der Waals surface area (Å²) in [5, 5.41) is 9.22. The molecule has 1 atom stereocenters. The predicted octanol–water partition coefficient (Wildman–Crippen LogP) is 2.40. The molecule has 1 heterocycles. The lowest BCUT2D eigenvalue weighted by atomic mass is 10.1. The first-order valence-corrected chi connectivity index (χ1v) is 7.59. The van der Waals surface area contributed by atoms with Crippen LogP contribution in [0.3, 0.4) is 0 Å². The van der Waals surface area contributed by atoms with E-state index in [1.807, 2.05) is 30.3 Å². The van der Waals surface area contributed by atoms with Gasteiger partial charge in [-0.15, -0.1) is 0 Å². The van der Waals surface area contributed by atoms with E-state index in [1.54, 1.807) is 24.3 Å². The Balaban J connectivity index is 1.72. The van der Waals surface area contributed by atoms with E-state index in [1.165, 1.54) is 4.90 Å². The SMILES string of the molecule is O=C(O)C1COCCN1C(=O)c1ccc(Oc2ccccc2)cc1. The van der Waals surface area contributed by atoms with Crippen LogP contribution >= 0.6 is 0 Å². The highest BCUT2D eigenvalue weighted by atomic mass is 16.5. The molecule has 1 fully saturated rings. The summed E-state index contributed by atoms with van der Waals surface area (Å²) in [7, 11) is 0. The molecule has 0 bridgehead atoms. The Labute approximate surface area is 139 Å². The van der Waals surface area contributed by atoms with Gasteiger partial charge in [0.1, 0.15) is 11.5 Å². The third-order valence-electron chi connectivity index (χ3n) is 3.75. The van der Waals surface area contributed by atoms with Gasteiger partial charge >= 0.3 is 5.97 Å². The summed E-state index contributed by atoms with van der Waals surface area (Å²) in [6, 6.07) is 15.0. The molecule has 124 valence electrons. The van der Waals surface area contributed by atoms with Crippen molar-refractivity contribution >= 4 is 11.9 Å². The van der Waals surface area contributed by atoms with Crippen molar-refractivity contribution < 1.29 is 24.2 Å². The third kappa shape index (κ3) is 3.55. The lowest BCUT2D eigenvalue weighted by Gasteiger charge is -2.32. The minimum absolute atomic E-state index is 0.0102. The first kappa shape index (κ1) is 16.0. The van der Waals surface area contributed by atoms with Crippen molar-refractivity contribution in [1.29, 1.82) is 0 Å². The van der Waals surface area contributed by atoms with Gasteiger partial charge in [0.2, 0.25) is 0 Å². The van der Waals surface area contributed by atoms with Crippen LogP contribution in [-0.4, -0.2) is 47.7 Å². The second kappa shape index (κ2) is 7.14. The second-order valence-corrected chi connectivity index (χ2v) is 5.37. The average Bonchev–Trinajstić information content (AvgIpc) is 2.62. The van der Waals surface area contributed by atoms with E-state index in [0.717, 1.165) is 0 Å². The number of carboxylic acid groups (broad SMARTS) is 1. The Hall–Kier alpha value is -2.86. The van der Waals surface area contributed by atoms with Gasteiger partial charge in [0.15, 0.2) is 6.04 Å². The zero-order valence-electron chi connectivity index (χ0n) is 12.9. The lowest BCUT2D eigenvalue weighted by Crippen LogP contribution is -2.52. The molecule has 6 nitrogen and oxygen atoms in total. The number of benzene rings is 2. The van der Waals surface area contributed by atoms with Crippen LogP contribution in [-0.2, 0) is 9.53 Å². The maximum Gasteiger partial charge on any atom is 0.328 e. The van der Waals surface area contributed by atoms with E-state index in [-0.39, 0.29) is 19.1 Å². The molecule has 2 aromatic rings. The standard InChI is InChI=1S/C18H17NO5/c20-17(19-10-11-23-12-16(19)18(21)22)13-6-8-15(9-7-13)24-14-4-2-1-3-5-14/h1-9,16H,10-12H2,(H,21,22). The fourth-order valence-corrected chi connectivity index (χ4v) is 2.51. The molecule has 0 aliphatic carbocycles. The van der Waals surface area contributed by atoms with E-state index in [2.05, 4.69) is 0 Å². The second-order valence-electron chi connectivity index (χ2n) is 5.37. The normalized spacial score (nSPS) is 17.3. The van der Waals surface area contributed by atoms with Crippen LogP contribution in [0.1, 0.15) is 10.4 Å². The summed E-state index contributed by atoms with van der Waals surface area (Å²) < 4.78 is 10.8. The zero-order valence-corrected chi connectivity index (χ0v) is 12.9. The Morgan fingerprint density at radius 2 is 1.71 bits per heavy atom. The molecule has 0 radical (unpaired) electrons. The number of morpholine rings is 1. The predicted molar refractivity (Wildman–Crippen MR) is 86.2 cm³/mol. The van der Waals surface area contributed by atoms with Crippen molar-refractivity contribution in [2.75, 3.05) is 19.8 Å². The Kier molecular flexibility index (Phi) is 4.77. The van der Waals surface area contributed by atoms with Gasteiger partial charge in [-0.2, -0.15) is 0 Å². The van der Waals surface area contributed by atoms with Crippen molar-refractivity contribution in [2.45, 2.75) is 6.04 Å². The zero-order chi connectivity index (χ0) is 16.9. The lowest BCUT2D eigenvalue weighted by molar-refractivity contribution is -0.147. The molecule has 1 N–H and O–H groups in total. The minimum Gasteiger partial charge on any atom is -0.480 e. The van der Waals surface area contributed by atoms with Crippen LogP contribution in [0.2, 0.25) is 0 Å². The quantitative estimate of drug-likeness (QED) is 0.933. The summed E-state index contributed by atoms with van der Waals surface area (Å²) in [5.41, 5.74) is 0.420. The number of hydrogen-bond acceptors (Lipinski definition) is 4. The van der Waals surface area contributed by atoms with Crippen molar-refractivity contribution in [3.63, 3.8) is 0 Å². The van der Waals surface area contributed by atoms with Crippen LogP contribution < -0.4 is 4.74 Å². The number of nitrogens with zero attached hydrogens (tertiary/aromatic N) is 1. The van der Waals surface area contributed by atoms with Crippen LogP contribution in [0.5, 0.6) is 11.5 Å². The highest BCUT2D eigenvalue weighted by Gasteiger charge is 2.33. The van der Waals surface area contributed by atoms with E-state index in [9.17, 15) is 14.7 Å². The van der Waals surface area contributed by atoms with Crippen LogP contribution in [0.4, 0.5) is 0 Å². The van der Waals surface area contributed by atoms with Gasteiger partial charge in [-0.25, -0.2) is 4.79 Å². The molecule has 0 spiro atoms. The van der Waals surface area contributed by atoms with Crippen molar-refractivity contribution in [2.24, 2.45) is 0 Å². The number of carbonyl (C=O) groups is 2. The number of aliphatic carboxylic acids is 1. The molecule has 3 rings (SSSR count). The number of carboxylic acids is 1. The third-order valence-corrected chi connectivity index (χ3v) is 3.75.